The Hall–Kier alpha value is -1.30. The molecule has 1 aromatic carbocycles. The van der Waals surface area contributed by atoms with E-state index in [0.29, 0.717) is 11.3 Å². The molecule has 0 saturated heterocycles. The second-order valence-electron chi connectivity index (χ2n) is 5.88. The molecule has 14 heteroatoms. The molecule has 0 saturated carbocycles. The third-order valence-electron chi connectivity index (χ3n) is 3.54. The van der Waals surface area contributed by atoms with Gasteiger partial charge in [-0.1, -0.05) is 11.6 Å². The van der Waals surface area contributed by atoms with Crippen molar-refractivity contribution in [2.45, 2.75) is 12.1 Å². The van der Waals surface area contributed by atoms with Crippen LogP contribution in [0.25, 0.3) is 10.1 Å². The third kappa shape index (κ3) is 4.81. The number of fused-ring (bicyclic) bond motifs is 1. The molecule has 1 heterocycles. The summed E-state index contributed by atoms with van der Waals surface area (Å²) in [7, 11) is -9.11. The van der Waals surface area contributed by atoms with Gasteiger partial charge in [-0.15, -0.1) is 11.3 Å². The number of hydrogen-bond donors (Lipinski definition) is 3. The van der Waals surface area contributed by atoms with E-state index in [1.165, 1.54) is 0 Å². The Kier molecular flexibility index (Phi) is 6.44. The van der Waals surface area contributed by atoms with E-state index in [4.69, 9.17) is 31.9 Å². The molecule has 8 nitrogen and oxygen atoms in total. The molecule has 2 aromatic rings. The summed E-state index contributed by atoms with van der Waals surface area (Å²) in [5.41, 5.74) is 0.536. The van der Waals surface area contributed by atoms with Crippen molar-refractivity contribution in [2.24, 2.45) is 5.73 Å². The van der Waals surface area contributed by atoms with E-state index in [-0.39, 0.29) is 40.2 Å². The van der Waals surface area contributed by atoms with Gasteiger partial charge in [-0.25, -0.2) is 8.42 Å². The van der Waals surface area contributed by atoms with Gasteiger partial charge in [-0.05, 0) is 18.6 Å². The highest BCUT2D eigenvalue weighted by Gasteiger charge is 2.53. The van der Waals surface area contributed by atoms with Gasteiger partial charge in [0.2, 0.25) is 5.91 Å². The molecule has 0 aliphatic heterocycles. The lowest BCUT2D eigenvalue weighted by Crippen LogP contribution is -2.12. The van der Waals surface area contributed by atoms with Crippen LogP contribution in [0.5, 0.6) is 5.75 Å². The van der Waals surface area contributed by atoms with E-state index in [1.54, 1.807) is 0 Å². The van der Waals surface area contributed by atoms with Gasteiger partial charge in [0.05, 0.1) is 22.1 Å². The minimum atomic E-state index is -5.87. The molecule has 0 bridgehead atoms. The zero-order chi connectivity index (χ0) is 21.5. The molecule has 4 N–H and O–H groups in total. The lowest BCUT2D eigenvalue weighted by molar-refractivity contribution is 0.0603. The average molecular weight is 478 g/mol. The molecule has 156 valence electrons. The largest absolute Gasteiger partial charge is 0.492 e. The Morgan fingerprint density at radius 3 is 2.50 bits per heavy atom. The van der Waals surface area contributed by atoms with Gasteiger partial charge in [0.1, 0.15) is 20.5 Å². The van der Waals surface area contributed by atoms with Crippen LogP contribution in [0.4, 0.5) is 8.78 Å². The van der Waals surface area contributed by atoms with Gasteiger partial charge < -0.3 is 20.3 Å². The number of amides is 1. The average Bonchev–Trinajstić information content (AvgIpc) is 2.87. The number of hydrogen-bond acceptors (Lipinski definition) is 6. The topological polar surface area (TPSA) is 144 Å². The minimum absolute atomic E-state index is 0.0116. The molecule has 0 spiro atoms. The number of nitrogens with two attached hydrogens (primary N) is 1. The Balaban J connectivity index is 2.55. The smallest absolute Gasteiger partial charge is 0.400 e. The highest BCUT2D eigenvalue weighted by Crippen LogP contribution is 2.63. The summed E-state index contributed by atoms with van der Waals surface area (Å²) < 4.78 is 67.2. The molecule has 1 amide bonds. The zero-order valence-electron chi connectivity index (χ0n) is 14.2. The maximum Gasteiger partial charge on any atom is 0.400 e. The first-order chi connectivity index (χ1) is 12.6. The van der Waals surface area contributed by atoms with Crippen LogP contribution in [-0.4, -0.2) is 42.7 Å². The van der Waals surface area contributed by atoms with Gasteiger partial charge in [0.15, 0.2) is 0 Å². The van der Waals surface area contributed by atoms with Crippen molar-refractivity contribution in [1.82, 2.24) is 0 Å². The van der Waals surface area contributed by atoms with Crippen molar-refractivity contribution in [3.05, 3.63) is 27.6 Å². The Labute approximate surface area is 167 Å². The summed E-state index contributed by atoms with van der Waals surface area (Å²) in [5.74, 6) is -1.17. The van der Waals surface area contributed by atoms with Crippen molar-refractivity contribution >= 4 is 56.4 Å². The maximum atomic E-state index is 14.2. The maximum absolute atomic E-state index is 14.2. The molecule has 0 radical (unpaired) electrons. The Bertz CT molecular complexity index is 1080. The van der Waals surface area contributed by atoms with Crippen molar-refractivity contribution in [3.8, 4) is 5.75 Å². The lowest BCUT2D eigenvalue weighted by Gasteiger charge is -2.16. The number of thiophene rings is 1. The first-order valence-corrected chi connectivity index (χ1v) is 12.3. The van der Waals surface area contributed by atoms with Crippen LogP contribution in [0.3, 0.4) is 0 Å². The van der Waals surface area contributed by atoms with Gasteiger partial charge in [-0.2, -0.15) is 8.78 Å². The first-order valence-electron chi connectivity index (χ1n) is 7.45. The van der Waals surface area contributed by atoms with Crippen molar-refractivity contribution in [3.63, 3.8) is 0 Å². The summed E-state index contributed by atoms with van der Waals surface area (Å²) >= 11 is 6.22. The number of carbonyl (C=O) groups is 1. The van der Waals surface area contributed by atoms with E-state index in [2.05, 4.69) is 0 Å². The quantitative estimate of drug-likeness (QED) is 0.391. The van der Waals surface area contributed by atoms with E-state index in [9.17, 15) is 26.6 Å². The van der Waals surface area contributed by atoms with Crippen molar-refractivity contribution < 1.29 is 41.1 Å². The molecule has 0 aliphatic rings. The van der Waals surface area contributed by atoms with Crippen LogP contribution in [0.2, 0.25) is 5.02 Å². The second-order valence-corrected chi connectivity index (χ2v) is 11.2. The number of sulfone groups is 1. The van der Waals surface area contributed by atoms with Crippen LogP contribution in [0.15, 0.2) is 12.1 Å². The van der Waals surface area contributed by atoms with E-state index in [0.717, 1.165) is 18.4 Å². The third-order valence-corrected chi connectivity index (χ3v) is 7.47. The molecule has 2 rings (SSSR count). The summed E-state index contributed by atoms with van der Waals surface area (Å²) in [6, 6.07) is 2.27. The second kappa shape index (κ2) is 7.85. The van der Waals surface area contributed by atoms with Crippen molar-refractivity contribution in [2.75, 3.05) is 18.6 Å². The number of primary amides is 1. The van der Waals surface area contributed by atoms with E-state index >= 15 is 0 Å². The Morgan fingerprint density at radius 1 is 1.39 bits per heavy atom. The fourth-order valence-electron chi connectivity index (χ4n) is 2.22. The fourth-order valence-corrected chi connectivity index (χ4v) is 5.25. The van der Waals surface area contributed by atoms with Gasteiger partial charge in [0.25, 0.3) is 0 Å². The number of ether oxygens (including phenoxy) is 1. The standard InChI is InChI=1S/C14H15ClF2NO7PS2/c1-28(23,24)4-2-3-25-9-6-7(13(18)19)5-8-10(15)12(27-11(8)9)14(16,17)26(20,21)22/h5-6H,2-4H2,1H3,(H2,18,19)(H2,20,21,22). The molecule has 1 aromatic heterocycles. The highest BCUT2D eigenvalue weighted by atomic mass is 35.5. The molecule has 0 fully saturated rings. The molecule has 0 unspecified atom stereocenters. The highest BCUT2D eigenvalue weighted by molar-refractivity contribution is 7.90. The zero-order valence-corrected chi connectivity index (χ0v) is 17.5. The predicted octanol–water partition coefficient (Wildman–Crippen LogP) is 2.69. The molecular weight excluding hydrogens is 463 g/mol. The Morgan fingerprint density at radius 2 is 2.00 bits per heavy atom. The van der Waals surface area contributed by atoms with Gasteiger partial charge >= 0.3 is 13.3 Å². The van der Waals surface area contributed by atoms with Gasteiger partial charge in [-0.3, -0.25) is 9.36 Å². The predicted molar refractivity (Wildman–Crippen MR) is 101 cm³/mol. The van der Waals surface area contributed by atoms with Crippen LogP contribution in [-0.2, 0) is 20.1 Å². The number of carbonyl (C=O) groups excluding carboxylic acids is 1. The van der Waals surface area contributed by atoms with E-state index in [1.807, 2.05) is 0 Å². The fraction of sp³-hybridized carbons (Fsp3) is 0.357. The SMILES string of the molecule is CS(=O)(=O)CCCOc1cc(C(N)=O)cc2c(Cl)c(C(F)(F)P(=O)(O)O)sc12. The van der Waals surface area contributed by atoms with Crippen LogP contribution >= 0.6 is 30.5 Å². The molecule has 0 aliphatic carbocycles. The number of alkyl halides is 2. The number of benzene rings is 1. The normalized spacial score (nSPS) is 13.1. The summed E-state index contributed by atoms with van der Waals surface area (Å²) in [6.45, 7) is -0.121. The van der Waals surface area contributed by atoms with Crippen LogP contribution in [0.1, 0.15) is 21.7 Å². The lowest BCUT2D eigenvalue weighted by atomic mass is 10.1. The number of halogens is 3. The summed E-state index contributed by atoms with van der Waals surface area (Å²) in [4.78, 5) is 28.3. The minimum Gasteiger partial charge on any atom is -0.492 e. The molecule has 28 heavy (non-hydrogen) atoms. The molecular formula is C14H15ClF2NO7PS2. The van der Waals surface area contributed by atoms with Gasteiger partial charge in [0, 0.05) is 17.2 Å². The van der Waals surface area contributed by atoms with Crippen LogP contribution < -0.4 is 10.5 Å². The summed E-state index contributed by atoms with van der Waals surface area (Å²) in [5, 5.41) is -0.735. The number of rotatable bonds is 8. The first kappa shape index (κ1) is 23.0. The van der Waals surface area contributed by atoms with Crippen LogP contribution in [0, 0.1) is 0 Å². The van der Waals surface area contributed by atoms with Crippen molar-refractivity contribution in [1.29, 1.82) is 0 Å². The monoisotopic (exact) mass is 477 g/mol. The molecule has 0 atom stereocenters. The van der Waals surface area contributed by atoms with E-state index < -0.39 is 38.9 Å². The summed E-state index contributed by atoms with van der Waals surface area (Å²) in [6.07, 6.45) is 1.13.